The molecule has 0 aromatic carbocycles. The van der Waals surface area contributed by atoms with Crippen molar-refractivity contribution in [3.05, 3.63) is 0 Å². The van der Waals surface area contributed by atoms with Crippen LogP contribution in [0, 0.1) is 5.92 Å². The van der Waals surface area contributed by atoms with Crippen molar-refractivity contribution in [3.63, 3.8) is 0 Å². The summed E-state index contributed by atoms with van der Waals surface area (Å²) in [5.41, 5.74) is -0.418. The lowest BCUT2D eigenvalue weighted by molar-refractivity contribution is 0.0474. The number of ether oxygens (including phenoxy) is 1. The fourth-order valence-electron chi connectivity index (χ4n) is 3.18. The van der Waals surface area contributed by atoms with Crippen molar-refractivity contribution >= 4 is 6.09 Å². The predicted molar refractivity (Wildman–Crippen MR) is 84.4 cm³/mol. The number of hydrogen-bond donors (Lipinski definition) is 2. The fraction of sp³-hybridized carbons (Fsp3) is 0.938. The largest absolute Gasteiger partial charge is 0.444 e. The molecule has 2 aliphatic rings. The van der Waals surface area contributed by atoms with Gasteiger partial charge in [0.2, 0.25) is 0 Å². The van der Waals surface area contributed by atoms with Crippen molar-refractivity contribution in [1.29, 1.82) is 0 Å². The SMILES string of the molecule is CC(C)(C)OC(=O)NC1CCN(CC2CCCNC2)CC1. The zero-order chi connectivity index (χ0) is 15.3. The Labute approximate surface area is 128 Å². The van der Waals surface area contributed by atoms with E-state index < -0.39 is 5.60 Å². The van der Waals surface area contributed by atoms with Crippen LogP contribution in [0.1, 0.15) is 46.5 Å². The summed E-state index contributed by atoms with van der Waals surface area (Å²) in [5.74, 6) is 0.800. The number of nitrogens with one attached hydrogen (secondary N) is 2. The molecule has 1 amide bonds. The van der Waals surface area contributed by atoms with Gasteiger partial charge in [-0.25, -0.2) is 4.79 Å². The Balaban J connectivity index is 1.64. The molecule has 2 rings (SSSR count). The monoisotopic (exact) mass is 297 g/mol. The molecule has 21 heavy (non-hydrogen) atoms. The van der Waals surface area contributed by atoms with Gasteiger partial charge in [0.1, 0.15) is 5.60 Å². The number of hydrogen-bond acceptors (Lipinski definition) is 4. The lowest BCUT2D eigenvalue weighted by Crippen LogP contribution is -2.48. The van der Waals surface area contributed by atoms with Gasteiger partial charge in [-0.15, -0.1) is 0 Å². The molecule has 5 heteroatoms. The van der Waals surface area contributed by atoms with Gasteiger partial charge in [-0.05, 0) is 65.5 Å². The Morgan fingerprint density at radius 3 is 2.57 bits per heavy atom. The van der Waals surface area contributed by atoms with E-state index in [4.69, 9.17) is 4.74 Å². The fourth-order valence-corrected chi connectivity index (χ4v) is 3.18. The van der Waals surface area contributed by atoms with Crippen molar-refractivity contribution in [2.24, 2.45) is 5.92 Å². The van der Waals surface area contributed by atoms with E-state index in [-0.39, 0.29) is 12.1 Å². The van der Waals surface area contributed by atoms with Gasteiger partial charge in [0.05, 0.1) is 0 Å². The van der Waals surface area contributed by atoms with Gasteiger partial charge >= 0.3 is 6.09 Å². The number of alkyl carbamates (subject to hydrolysis) is 1. The maximum atomic E-state index is 11.8. The molecule has 2 heterocycles. The molecule has 1 atom stereocenters. The number of amides is 1. The van der Waals surface area contributed by atoms with Crippen LogP contribution in [-0.2, 0) is 4.74 Å². The molecule has 0 spiro atoms. The van der Waals surface area contributed by atoms with E-state index in [0.717, 1.165) is 38.4 Å². The molecule has 0 saturated carbocycles. The molecule has 5 nitrogen and oxygen atoms in total. The molecule has 2 saturated heterocycles. The minimum absolute atomic E-state index is 0.264. The third kappa shape index (κ3) is 6.22. The lowest BCUT2D eigenvalue weighted by atomic mass is 9.97. The van der Waals surface area contributed by atoms with E-state index >= 15 is 0 Å². The average molecular weight is 297 g/mol. The second-order valence-electron chi connectivity index (χ2n) is 7.43. The van der Waals surface area contributed by atoms with Gasteiger partial charge < -0.3 is 20.3 Å². The lowest BCUT2D eigenvalue weighted by Gasteiger charge is -2.35. The third-order valence-corrected chi connectivity index (χ3v) is 4.22. The Morgan fingerprint density at radius 2 is 2.00 bits per heavy atom. The van der Waals surface area contributed by atoms with Crippen LogP contribution in [0.4, 0.5) is 4.79 Å². The summed E-state index contributed by atoms with van der Waals surface area (Å²) in [6, 6.07) is 0.264. The summed E-state index contributed by atoms with van der Waals surface area (Å²) >= 11 is 0. The third-order valence-electron chi connectivity index (χ3n) is 4.22. The van der Waals surface area contributed by atoms with Crippen LogP contribution in [-0.4, -0.2) is 55.4 Å². The molecule has 0 radical (unpaired) electrons. The maximum absolute atomic E-state index is 11.8. The molecule has 0 bridgehead atoms. The average Bonchev–Trinajstić information content (AvgIpc) is 2.40. The highest BCUT2D eigenvalue weighted by Crippen LogP contribution is 2.17. The van der Waals surface area contributed by atoms with E-state index in [1.807, 2.05) is 20.8 Å². The summed E-state index contributed by atoms with van der Waals surface area (Å²) in [7, 11) is 0. The molecule has 0 aromatic rings. The maximum Gasteiger partial charge on any atom is 0.407 e. The van der Waals surface area contributed by atoms with Gasteiger partial charge in [0, 0.05) is 25.7 Å². The molecule has 2 fully saturated rings. The van der Waals surface area contributed by atoms with Crippen LogP contribution >= 0.6 is 0 Å². The Hall–Kier alpha value is -0.810. The highest BCUT2D eigenvalue weighted by molar-refractivity contribution is 5.68. The van der Waals surface area contributed by atoms with Crippen LogP contribution in [0.5, 0.6) is 0 Å². The normalized spacial score (nSPS) is 25.6. The van der Waals surface area contributed by atoms with Crippen molar-refractivity contribution in [2.75, 3.05) is 32.7 Å². The first-order valence-corrected chi connectivity index (χ1v) is 8.35. The molecule has 122 valence electrons. The minimum Gasteiger partial charge on any atom is -0.444 e. The smallest absolute Gasteiger partial charge is 0.407 e. The quantitative estimate of drug-likeness (QED) is 0.836. The van der Waals surface area contributed by atoms with Gasteiger partial charge in [0.15, 0.2) is 0 Å². The predicted octanol–water partition coefficient (Wildman–Crippen LogP) is 1.98. The molecule has 2 N–H and O–H groups in total. The summed E-state index contributed by atoms with van der Waals surface area (Å²) in [4.78, 5) is 14.3. The van der Waals surface area contributed by atoms with Gasteiger partial charge in [-0.2, -0.15) is 0 Å². The highest BCUT2D eigenvalue weighted by atomic mass is 16.6. The standard InChI is InChI=1S/C16H31N3O2/c1-16(2,3)21-15(20)18-14-6-9-19(10-7-14)12-13-5-4-8-17-11-13/h13-14,17H,4-12H2,1-3H3,(H,18,20). The van der Waals surface area contributed by atoms with Crippen LogP contribution < -0.4 is 10.6 Å². The van der Waals surface area contributed by atoms with E-state index in [9.17, 15) is 4.79 Å². The molecule has 1 unspecified atom stereocenters. The molecule has 2 aliphatic heterocycles. The number of carbonyl (C=O) groups is 1. The van der Waals surface area contributed by atoms with Crippen molar-refractivity contribution in [2.45, 2.75) is 58.1 Å². The van der Waals surface area contributed by atoms with Crippen LogP contribution in [0.3, 0.4) is 0 Å². The number of likely N-dealkylation sites (tertiary alicyclic amines) is 1. The highest BCUT2D eigenvalue weighted by Gasteiger charge is 2.25. The number of rotatable bonds is 3. The van der Waals surface area contributed by atoms with Gasteiger partial charge in [0.25, 0.3) is 0 Å². The first-order valence-electron chi connectivity index (χ1n) is 8.35. The van der Waals surface area contributed by atoms with Crippen LogP contribution in [0.15, 0.2) is 0 Å². The number of piperidine rings is 2. The topological polar surface area (TPSA) is 53.6 Å². The Bertz CT molecular complexity index is 327. The molecule has 0 aromatic heterocycles. The van der Waals surface area contributed by atoms with E-state index in [0.29, 0.717) is 0 Å². The van der Waals surface area contributed by atoms with E-state index in [1.54, 1.807) is 0 Å². The second kappa shape index (κ2) is 7.45. The van der Waals surface area contributed by atoms with Gasteiger partial charge in [-0.3, -0.25) is 0 Å². The van der Waals surface area contributed by atoms with Crippen LogP contribution in [0.25, 0.3) is 0 Å². The molecular weight excluding hydrogens is 266 g/mol. The number of nitrogens with zero attached hydrogens (tertiary/aromatic N) is 1. The van der Waals surface area contributed by atoms with Gasteiger partial charge in [-0.1, -0.05) is 0 Å². The summed E-state index contributed by atoms with van der Waals surface area (Å²) < 4.78 is 5.32. The minimum atomic E-state index is -0.418. The Kier molecular flexibility index (Phi) is 5.88. The second-order valence-corrected chi connectivity index (χ2v) is 7.43. The zero-order valence-corrected chi connectivity index (χ0v) is 13.8. The first kappa shape index (κ1) is 16.6. The van der Waals surface area contributed by atoms with Crippen molar-refractivity contribution in [3.8, 4) is 0 Å². The van der Waals surface area contributed by atoms with Crippen LogP contribution in [0.2, 0.25) is 0 Å². The number of carbonyl (C=O) groups excluding carboxylic acids is 1. The Morgan fingerprint density at radius 1 is 1.29 bits per heavy atom. The molecule has 0 aliphatic carbocycles. The summed E-state index contributed by atoms with van der Waals surface area (Å²) in [6.45, 7) is 11.4. The van der Waals surface area contributed by atoms with E-state index in [1.165, 1.54) is 25.9 Å². The van der Waals surface area contributed by atoms with E-state index in [2.05, 4.69) is 15.5 Å². The summed E-state index contributed by atoms with van der Waals surface area (Å²) in [6.07, 6.45) is 4.43. The first-order chi connectivity index (χ1) is 9.92. The zero-order valence-electron chi connectivity index (χ0n) is 13.8. The van der Waals surface area contributed by atoms with Crippen molar-refractivity contribution < 1.29 is 9.53 Å². The molecular formula is C16H31N3O2. The summed E-state index contributed by atoms with van der Waals surface area (Å²) in [5, 5.41) is 6.48. The van der Waals surface area contributed by atoms with Crippen molar-refractivity contribution in [1.82, 2.24) is 15.5 Å².